The number of rotatable bonds is 3. The summed E-state index contributed by atoms with van der Waals surface area (Å²) in [6, 6.07) is 7.88. The van der Waals surface area contributed by atoms with Gasteiger partial charge in [-0.1, -0.05) is 12.1 Å². The van der Waals surface area contributed by atoms with Gasteiger partial charge in [0.25, 0.3) is 5.56 Å². The molecule has 0 aliphatic carbocycles. The largest absolute Gasteiger partial charge is 0.339 e. The average Bonchev–Trinajstić information content (AvgIpc) is 3.12. The first-order chi connectivity index (χ1) is 11.6. The molecule has 0 aliphatic heterocycles. The third-order valence-corrected chi connectivity index (χ3v) is 4.61. The third-order valence-electron chi connectivity index (χ3n) is 4.30. The molecule has 4 rings (SSSR count). The molecule has 122 valence electrons. The zero-order chi connectivity index (χ0) is 16.8. The first-order valence-corrected chi connectivity index (χ1v) is 8.13. The number of hydrogen-bond acceptors (Lipinski definition) is 3. The number of aromatic nitrogens is 5. The minimum atomic E-state index is -0.121. The number of hydrogen-bond donors (Lipinski definition) is 0. The summed E-state index contributed by atoms with van der Waals surface area (Å²) in [7, 11) is 3.75. The molecule has 0 N–H and O–H groups in total. The van der Waals surface area contributed by atoms with Crippen molar-refractivity contribution in [2.45, 2.75) is 12.4 Å². The Labute approximate surface area is 142 Å². The number of aryl methyl sites for hydroxylation is 2. The molecule has 24 heavy (non-hydrogen) atoms. The summed E-state index contributed by atoms with van der Waals surface area (Å²) in [5.74, 6) is 0.444. The molecule has 0 aliphatic rings. The van der Waals surface area contributed by atoms with Crippen molar-refractivity contribution >= 4 is 33.4 Å². The van der Waals surface area contributed by atoms with E-state index < -0.39 is 0 Å². The van der Waals surface area contributed by atoms with Crippen molar-refractivity contribution in [1.82, 2.24) is 24.1 Å². The third kappa shape index (κ3) is 2.22. The monoisotopic (exact) mass is 341 g/mol. The zero-order valence-electron chi connectivity index (χ0n) is 13.4. The Morgan fingerprint density at radius 1 is 1.17 bits per heavy atom. The lowest BCUT2D eigenvalue weighted by atomic mass is 10.1. The molecule has 0 amide bonds. The Kier molecular flexibility index (Phi) is 3.42. The Morgan fingerprint density at radius 2 is 2.00 bits per heavy atom. The highest BCUT2D eigenvalue weighted by Crippen LogP contribution is 2.26. The molecule has 0 bridgehead atoms. The number of fused-ring (bicyclic) bond motifs is 3. The van der Waals surface area contributed by atoms with Crippen LogP contribution in [0.1, 0.15) is 11.3 Å². The fourth-order valence-corrected chi connectivity index (χ4v) is 3.27. The molecule has 0 spiro atoms. The number of nitrogens with zero attached hydrogens (tertiary/aromatic N) is 5. The molecule has 0 fully saturated rings. The van der Waals surface area contributed by atoms with Gasteiger partial charge in [0.05, 0.1) is 18.4 Å². The first kappa shape index (κ1) is 15.0. The Balaban J connectivity index is 1.93. The second-order valence-electron chi connectivity index (χ2n) is 5.89. The molecule has 3 heterocycles. The predicted octanol–water partition coefficient (Wildman–Crippen LogP) is 2.41. The van der Waals surface area contributed by atoms with E-state index in [0.717, 1.165) is 27.5 Å². The van der Waals surface area contributed by atoms with E-state index in [1.54, 1.807) is 10.9 Å². The van der Waals surface area contributed by atoms with Gasteiger partial charge in [0.2, 0.25) is 0 Å². The van der Waals surface area contributed by atoms with E-state index >= 15 is 0 Å². The topological polar surface area (TPSA) is 57.6 Å². The summed E-state index contributed by atoms with van der Waals surface area (Å²) in [6.07, 6.45) is 3.60. The first-order valence-electron chi connectivity index (χ1n) is 7.60. The fourth-order valence-electron chi connectivity index (χ4n) is 3.10. The average molecular weight is 342 g/mol. The van der Waals surface area contributed by atoms with Crippen LogP contribution in [0.5, 0.6) is 0 Å². The molecule has 0 saturated carbocycles. The second kappa shape index (κ2) is 5.49. The number of benzene rings is 1. The molecule has 0 radical (unpaired) electrons. The van der Waals surface area contributed by atoms with Crippen LogP contribution in [0.2, 0.25) is 0 Å². The standard InChI is InChI=1S/C17H16ClN5O/c1-21-6-5-12(20-21)10-23-17(24)16-14(9-19-23)13-4-3-11(8-18)7-15(13)22(16)2/h3-7,9H,8,10H2,1-2H3. The van der Waals surface area contributed by atoms with Gasteiger partial charge in [-0.2, -0.15) is 10.2 Å². The smallest absolute Gasteiger partial charge is 0.291 e. The normalized spacial score (nSPS) is 11.6. The number of alkyl halides is 1. The lowest BCUT2D eigenvalue weighted by Crippen LogP contribution is -2.24. The van der Waals surface area contributed by atoms with Crippen molar-refractivity contribution in [3.63, 3.8) is 0 Å². The lowest BCUT2D eigenvalue weighted by Gasteiger charge is -2.03. The minimum Gasteiger partial charge on any atom is -0.339 e. The fraction of sp³-hybridized carbons (Fsp3) is 0.235. The highest BCUT2D eigenvalue weighted by Gasteiger charge is 2.14. The van der Waals surface area contributed by atoms with Crippen LogP contribution in [0.15, 0.2) is 41.5 Å². The van der Waals surface area contributed by atoms with Gasteiger partial charge in [0, 0.05) is 42.5 Å². The predicted molar refractivity (Wildman–Crippen MR) is 94.3 cm³/mol. The molecular weight excluding hydrogens is 326 g/mol. The van der Waals surface area contributed by atoms with E-state index in [-0.39, 0.29) is 5.56 Å². The second-order valence-corrected chi connectivity index (χ2v) is 6.16. The van der Waals surface area contributed by atoms with Crippen molar-refractivity contribution in [2.75, 3.05) is 0 Å². The van der Waals surface area contributed by atoms with Crippen LogP contribution in [-0.4, -0.2) is 24.1 Å². The Morgan fingerprint density at radius 3 is 2.71 bits per heavy atom. The molecule has 6 nitrogen and oxygen atoms in total. The van der Waals surface area contributed by atoms with E-state index in [9.17, 15) is 4.79 Å². The lowest BCUT2D eigenvalue weighted by molar-refractivity contribution is 0.619. The molecule has 0 saturated heterocycles. The van der Waals surface area contributed by atoms with E-state index in [1.165, 1.54) is 4.68 Å². The van der Waals surface area contributed by atoms with E-state index in [0.29, 0.717) is 17.9 Å². The summed E-state index contributed by atoms with van der Waals surface area (Å²) in [5, 5.41) is 10.5. The van der Waals surface area contributed by atoms with Gasteiger partial charge in [0.1, 0.15) is 5.52 Å². The van der Waals surface area contributed by atoms with Crippen molar-refractivity contribution in [3.8, 4) is 0 Å². The van der Waals surface area contributed by atoms with Crippen LogP contribution in [0, 0.1) is 0 Å². The quantitative estimate of drug-likeness (QED) is 0.538. The zero-order valence-corrected chi connectivity index (χ0v) is 14.2. The SMILES string of the molecule is Cn1ccc(Cn2ncc3c4ccc(CCl)cc4n(C)c3c2=O)n1. The van der Waals surface area contributed by atoms with Gasteiger partial charge in [-0.25, -0.2) is 4.68 Å². The van der Waals surface area contributed by atoms with Crippen molar-refractivity contribution in [2.24, 2.45) is 14.1 Å². The van der Waals surface area contributed by atoms with Crippen LogP contribution in [0.4, 0.5) is 0 Å². The number of halogens is 1. The van der Waals surface area contributed by atoms with Crippen LogP contribution in [0.25, 0.3) is 21.8 Å². The summed E-state index contributed by atoms with van der Waals surface area (Å²) in [5.41, 5.74) is 3.33. The van der Waals surface area contributed by atoms with Crippen LogP contribution in [0.3, 0.4) is 0 Å². The van der Waals surface area contributed by atoms with Gasteiger partial charge in [-0.05, 0) is 17.7 Å². The molecule has 0 unspecified atom stereocenters. The molecule has 3 aromatic heterocycles. The molecular formula is C17H16ClN5O. The Hall–Kier alpha value is -2.60. The van der Waals surface area contributed by atoms with Gasteiger partial charge in [-0.15, -0.1) is 11.6 Å². The molecule has 4 aromatic rings. The van der Waals surface area contributed by atoms with Crippen molar-refractivity contribution < 1.29 is 0 Å². The maximum Gasteiger partial charge on any atom is 0.291 e. The maximum atomic E-state index is 12.9. The van der Waals surface area contributed by atoms with Crippen molar-refractivity contribution in [1.29, 1.82) is 0 Å². The summed E-state index contributed by atoms with van der Waals surface area (Å²) < 4.78 is 5.08. The highest BCUT2D eigenvalue weighted by atomic mass is 35.5. The molecule has 7 heteroatoms. The summed E-state index contributed by atoms with van der Waals surface area (Å²) >= 11 is 5.93. The maximum absolute atomic E-state index is 12.9. The minimum absolute atomic E-state index is 0.121. The van der Waals surface area contributed by atoms with Crippen LogP contribution < -0.4 is 5.56 Å². The summed E-state index contributed by atoms with van der Waals surface area (Å²) in [4.78, 5) is 12.9. The highest BCUT2D eigenvalue weighted by molar-refractivity contribution is 6.17. The van der Waals surface area contributed by atoms with Gasteiger partial charge >= 0.3 is 0 Å². The van der Waals surface area contributed by atoms with Crippen LogP contribution >= 0.6 is 11.6 Å². The Bertz CT molecular complexity index is 1120. The van der Waals surface area contributed by atoms with E-state index in [4.69, 9.17) is 11.6 Å². The van der Waals surface area contributed by atoms with Crippen molar-refractivity contribution in [3.05, 3.63) is 58.3 Å². The molecule has 1 aromatic carbocycles. The molecule has 0 atom stereocenters. The van der Waals surface area contributed by atoms with Gasteiger partial charge < -0.3 is 4.57 Å². The van der Waals surface area contributed by atoms with Gasteiger partial charge in [-0.3, -0.25) is 9.48 Å². The van der Waals surface area contributed by atoms with Gasteiger partial charge in [0.15, 0.2) is 0 Å². The van der Waals surface area contributed by atoms with E-state index in [2.05, 4.69) is 10.2 Å². The summed E-state index contributed by atoms with van der Waals surface area (Å²) in [6.45, 7) is 0.351. The van der Waals surface area contributed by atoms with E-state index in [1.807, 2.05) is 49.1 Å². The van der Waals surface area contributed by atoms with Crippen LogP contribution in [-0.2, 0) is 26.5 Å².